The normalized spacial score (nSPS) is 39.5. The molecule has 39 heavy (non-hydrogen) atoms. The third-order valence-corrected chi connectivity index (χ3v) is 10.6. The number of nitrogens with one attached hydrogen (secondary N) is 1. The van der Waals surface area contributed by atoms with E-state index in [1.165, 1.54) is 0 Å². The van der Waals surface area contributed by atoms with Crippen molar-refractivity contribution in [3.05, 3.63) is 58.3 Å². The number of aliphatic hydroxyl groups is 2. The Bertz CT molecular complexity index is 1490. The summed E-state index contributed by atoms with van der Waals surface area (Å²) in [6.07, 6.45) is -1.43. The summed E-state index contributed by atoms with van der Waals surface area (Å²) >= 11 is 0. The van der Waals surface area contributed by atoms with E-state index in [-0.39, 0.29) is 24.0 Å². The highest BCUT2D eigenvalue weighted by molar-refractivity contribution is 5.87. The van der Waals surface area contributed by atoms with E-state index >= 15 is 0 Å². The lowest BCUT2D eigenvalue weighted by Crippen LogP contribution is -2.62. The molecule has 6 nitrogen and oxygen atoms in total. The SMILES string of the molecule is Cc1[nH]nc2cc(C3=CCC4[C@]3(C)CC(C(F)(F)F)=C3C=C5[C@@H](O)[C@H](O)[C@@H](N(C)C)C[C@]56CC[C@@]34O6)ccc12. The first-order chi connectivity index (χ1) is 18.3. The maximum absolute atomic E-state index is 14.9. The Morgan fingerprint density at radius 3 is 2.67 bits per heavy atom. The topological polar surface area (TPSA) is 81.6 Å². The van der Waals surface area contributed by atoms with Crippen molar-refractivity contribution in [2.45, 2.75) is 81.6 Å². The van der Waals surface area contributed by atoms with Crippen LogP contribution in [-0.4, -0.2) is 75.0 Å². The van der Waals surface area contributed by atoms with E-state index in [1.807, 2.05) is 51.0 Å². The fourth-order valence-electron chi connectivity index (χ4n) is 8.69. The Kier molecular flexibility index (Phi) is 5.13. The van der Waals surface area contributed by atoms with Crippen LogP contribution in [0.4, 0.5) is 13.2 Å². The molecule has 1 aromatic carbocycles. The van der Waals surface area contributed by atoms with Gasteiger partial charge in [-0.05, 0) is 81.5 Å². The molecule has 1 saturated heterocycles. The number of aromatic nitrogens is 2. The molecular formula is C30H34F3N3O3. The van der Waals surface area contributed by atoms with Crippen molar-refractivity contribution in [3.8, 4) is 0 Å². The average Bonchev–Trinajstić information content (AvgIpc) is 3.52. The van der Waals surface area contributed by atoms with E-state index in [0.29, 0.717) is 31.3 Å². The predicted molar refractivity (Wildman–Crippen MR) is 141 cm³/mol. The van der Waals surface area contributed by atoms with Crippen molar-refractivity contribution in [2.24, 2.45) is 11.3 Å². The zero-order valence-electron chi connectivity index (χ0n) is 22.6. The molecule has 3 heterocycles. The molecular weight excluding hydrogens is 507 g/mol. The molecule has 2 spiro atoms. The van der Waals surface area contributed by atoms with Crippen molar-refractivity contribution < 1.29 is 28.1 Å². The van der Waals surface area contributed by atoms with E-state index in [0.717, 1.165) is 27.7 Å². The summed E-state index contributed by atoms with van der Waals surface area (Å²) in [6.45, 7) is 3.91. The minimum absolute atomic E-state index is 0.156. The average molecular weight is 542 g/mol. The quantitative estimate of drug-likeness (QED) is 0.508. The van der Waals surface area contributed by atoms with Gasteiger partial charge in [-0.25, -0.2) is 0 Å². The second kappa shape index (κ2) is 7.84. The molecule has 1 unspecified atom stereocenters. The molecule has 7 atom stereocenters. The fourth-order valence-corrected chi connectivity index (χ4v) is 8.69. The lowest BCUT2D eigenvalue weighted by Gasteiger charge is -2.57. The van der Waals surface area contributed by atoms with Crippen LogP contribution < -0.4 is 0 Å². The molecule has 9 heteroatoms. The minimum atomic E-state index is -4.55. The molecule has 1 aromatic heterocycles. The molecule has 3 N–H and O–H groups in total. The van der Waals surface area contributed by atoms with Gasteiger partial charge in [0.2, 0.25) is 0 Å². The zero-order valence-corrected chi connectivity index (χ0v) is 22.6. The van der Waals surface area contributed by atoms with Gasteiger partial charge in [0, 0.05) is 34.0 Å². The number of benzene rings is 1. The molecule has 0 amide bonds. The Balaban J connectivity index is 1.39. The Morgan fingerprint density at radius 1 is 1.18 bits per heavy atom. The Labute approximate surface area is 225 Å². The number of allylic oxidation sites excluding steroid dienone is 3. The van der Waals surface area contributed by atoms with Crippen LogP contribution in [0.3, 0.4) is 0 Å². The van der Waals surface area contributed by atoms with E-state index in [9.17, 15) is 23.4 Å². The van der Waals surface area contributed by atoms with Crippen LogP contribution in [0.5, 0.6) is 0 Å². The summed E-state index contributed by atoms with van der Waals surface area (Å²) in [6, 6.07) is 5.58. The van der Waals surface area contributed by atoms with E-state index in [1.54, 1.807) is 6.08 Å². The lowest BCUT2D eigenvalue weighted by atomic mass is 9.56. The second-order valence-corrected chi connectivity index (χ2v) is 12.7. The smallest absolute Gasteiger partial charge is 0.388 e. The monoisotopic (exact) mass is 541 g/mol. The van der Waals surface area contributed by atoms with E-state index in [4.69, 9.17) is 4.74 Å². The van der Waals surface area contributed by atoms with Crippen molar-refractivity contribution >= 4 is 16.5 Å². The van der Waals surface area contributed by atoms with Gasteiger partial charge < -0.3 is 19.8 Å². The number of hydrogen-bond donors (Lipinski definition) is 3. The van der Waals surface area contributed by atoms with Gasteiger partial charge in [0.15, 0.2) is 0 Å². The highest BCUT2D eigenvalue weighted by atomic mass is 19.4. The second-order valence-electron chi connectivity index (χ2n) is 12.7. The van der Waals surface area contributed by atoms with Crippen LogP contribution in [0.1, 0.15) is 50.3 Å². The first kappa shape index (κ1) is 25.5. The minimum Gasteiger partial charge on any atom is -0.388 e. The van der Waals surface area contributed by atoms with Crippen LogP contribution in [0.15, 0.2) is 47.1 Å². The summed E-state index contributed by atoms with van der Waals surface area (Å²) in [5, 5.41) is 30.4. The van der Waals surface area contributed by atoms with Crippen LogP contribution >= 0.6 is 0 Å². The maximum atomic E-state index is 14.9. The van der Waals surface area contributed by atoms with Gasteiger partial charge in [-0.3, -0.25) is 5.10 Å². The van der Waals surface area contributed by atoms with Crippen LogP contribution in [0, 0.1) is 18.3 Å². The van der Waals surface area contributed by atoms with E-state index in [2.05, 4.69) is 16.3 Å². The number of ether oxygens (including phenoxy) is 1. The molecule has 2 bridgehead atoms. The van der Waals surface area contributed by atoms with Gasteiger partial charge in [-0.2, -0.15) is 18.3 Å². The molecule has 2 fully saturated rings. The van der Waals surface area contributed by atoms with Gasteiger partial charge in [0.25, 0.3) is 0 Å². The number of nitrogens with zero attached hydrogens (tertiary/aromatic N) is 2. The van der Waals surface area contributed by atoms with Gasteiger partial charge >= 0.3 is 6.18 Å². The van der Waals surface area contributed by atoms with Gasteiger partial charge in [-0.1, -0.05) is 31.2 Å². The highest BCUT2D eigenvalue weighted by Gasteiger charge is 2.69. The lowest BCUT2D eigenvalue weighted by molar-refractivity contribution is -0.170. The molecule has 2 aliphatic heterocycles. The first-order valence-corrected chi connectivity index (χ1v) is 13.7. The summed E-state index contributed by atoms with van der Waals surface area (Å²) in [5.41, 5.74) is 0.739. The molecule has 208 valence electrons. The van der Waals surface area contributed by atoms with Crippen molar-refractivity contribution in [2.75, 3.05) is 14.1 Å². The fraction of sp³-hybridized carbons (Fsp3) is 0.567. The summed E-state index contributed by atoms with van der Waals surface area (Å²) in [7, 11) is 3.68. The number of H-pyrrole nitrogens is 1. The number of hydrogen-bond acceptors (Lipinski definition) is 5. The van der Waals surface area contributed by atoms with E-state index < -0.39 is 40.6 Å². The third-order valence-electron chi connectivity index (χ3n) is 10.6. The predicted octanol–water partition coefficient (Wildman–Crippen LogP) is 4.83. The highest BCUT2D eigenvalue weighted by Crippen LogP contribution is 2.70. The first-order valence-electron chi connectivity index (χ1n) is 13.7. The van der Waals surface area contributed by atoms with Crippen LogP contribution in [0.2, 0.25) is 0 Å². The van der Waals surface area contributed by atoms with Crippen molar-refractivity contribution in [3.63, 3.8) is 0 Å². The van der Waals surface area contributed by atoms with Crippen LogP contribution in [0.25, 0.3) is 16.5 Å². The number of aliphatic hydroxyl groups excluding tert-OH is 2. The molecule has 0 radical (unpaired) electrons. The molecule has 2 aromatic rings. The van der Waals surface area contributed by atoms with Gasteiger partial charge in [-0.15, -0.1) is 0 Å². The summed E-state index contributed by atoms with van der Waals surface area (Å²) in [4.78, 5) is 1.87. The maximum Gasteiger partial charge on any atom is 0.413 e. The molecule has 1 saturated carbocycles. The third kappa shape index (κ3) is 3.21. The molecule has 5 aliphatic rings. The Morgan fingerprint density at radius 2 is 1.95 bits per heavy atom. The van der Waals surface area contributed by atoms with Gasteiger partial charge in [0.1, 0.15) is 6.10 Å². The molecule has 7 rings (SSSR count). The largest absolute Gasteiger partial charge is 0.413 e. The number of rotatable bonds is 2. The van der Waals surface area contributed by atoms with Crippen LogP contribution in [-0.2, 0) is 4.74 Å². The standard InChI is InChI=1S/C30H34F3N3O3/c1-15-17-6-5-16(11-22(17)35-34-15)18-7-8-24-27(18,2)13-21(30(31,32)33)19-12-20-25(37)26(38)23(36(3)4)14-28(20)9-10-29(19,24)39-28/h5-7,11-12,23-26,37-38H,8-10,13-14H2,1-4H3,(H,34,35)/t23-,24?,25+,26+,27+,28+,29+/m0/s1. The number of alkyl halides is 3. The summed E-state index contributed by atoms with van der Waals surface area (Å²) in [5.74, 6) is -0.184. The van der Waals surface area contributed by atoms with Gasteiger partial charge in [0.05, 0.1) is 22.8 Å². The molecule has 3 aliphatic carbocycles. The number of fused-ring (bicyclic) bond motifs is 2. The van der Waals surface area contributed by atoms with Crippen molar-refractivity contribution in [1.82, 2.24) is 15.1 Å². The number of aryl methyl sites for hydroxylation is 1. The number of aromatic amines is 1. The Hall–Kier alpha value is -2.46. The summed E-state index contributed by atoms with van der Waals surface area (Å²) < 4.78 is 51.6. The zero-order chi connectivity index (χ0) is 27.7. The number of halogens is 3. The number of likely N-dealkylation sites (N-methyl/N-ethyl adjacent to an activating group) is 1. The van der Waals surface area contributed by atoms with Crippen molar-refractivity contribution in [1.29, 1.82) is 0 Å².